The lowest BCUT2D eigenvalue weighted by molar-refractivity contribution is 0.0818. The van der Waals surface area contributed by atoms with E-state index < -0.39 is 0 Å². The minimum atomic E-state index is -0.0197. The summed E-state index contributed by atoms with van der Waals surface area (Å²) in [4.78, 5) is 0. The first-order chi connectivity index (χ1) is 4.34. The molecule has 0 aromatic carbocycles. The highest BCUT2D eigenvalue weighted by Crippen LogP contribution is 2.30. The van der Waals surface area contributed by atoms with Gasteiger partial charge in [-0.2, -0.15) is 11.8 Å². The van der Waals surface area contributed by atoms with Crippen molar-refractivity contribution < 1.29 is 5.11 Å². The molecular formula is C7H14OS. The molecule has 9 heavy (non-hydrogen) atoms. The fourth-order valence-corrected chi connectivity index (χ4v) is 1.75. The highest BCUT2D eigenvalue weighted by atomic mass is 32.2. The SMILES string of the molecule is CSCC(O)C1CCC1. The average Bonchev–Trinajstić information content (AvgIpc) is 1.60. The molecule has 0 bridgehead atoms. The molecule has 0 aromatic rings. The lowest BCUT2D eigenvalue weighted by Crippen LogP contribution is -2.28. The van der Waals surface area contributed by atoms with E-state index in [0.717, 1.165) is 5.75 Å². The normalized spacial score (nSPS) is 23.3. The van der Waals surface area contributed by atoms with Crippen LogP contribution in [0.2, 0.25) is 0 Å². The number of hydrogen-bond donors (Lipinski definition) is 1. The molecule has 1 atom stereocenters. The Morgan fingerprint density at radius 1 is 1.67 bits per heavy atom. The van der Waals surface area contributed by atoms with E-state index in [2.05, 4.69) is 0 Å². The molecule has 1 fully saturated rings. The van der Waals surface area contributed by atoms with Crippen molar-refractivity contribution in [3.8, 4) is 0 Å². The summed E-state index contributed by atoms with van der Waals surface area (Å²) in [5.74, 6) is 1.56. The zero-order valence-electron chi connectivity index (χ0n) is 5.84. The maximum Gasteiger partial charge on any atom is 0.0658 e. The Hall–Kier alpha value is 0.310. The molecule has 0 heterocycles. The van der Waals surface area contributed by atoms with Crippen LogP contribution >= 0.6 is 11.8 Å². The highest BCUT2D eigenvalue weighted by molar-refractivity contribution is 7.98. The summed E-state index contributed by atoms with van der Waals surface area (Å²) in [6.07, 6.45) is 5.86. The second-order valence-corrected chi connectivity index (χ2v) is 3.62. The van der Waals surface area contributed by atoms with E-state index >= 15 is 0 Å². The Morgan fingerprint density at radius 3 is 2.67 bits per heavy atom. The first-order valence-electron chi connectivity index (χ1n) is 3.51. The summed E-state index contributed by atoms with van der Waals surface area (Å²) >= 11 is 1.74. The summed E-state index contributed by atoms with van der Waals surface area (Å²) in [5, 5.41) is 9.35. The van der Waals surface area contributed by atoms with Crippen LogP contribution in [0.25, 0.3) is 0 Å². The Kier molecular flexibility index (Phi) is 2.86. The van der Waals surface area contributed by atoms with Crippen molar-refractivity contribution >= 4 is 11.8 Å². The molecule has 1 unspecified atom stereocenters. The summed E-state index contributed by atoms with van der Waals surface area (Å²) in [6.45, 7) is 0. The fraction of sp³-hybridized carbons (Fsp3) is 1.00. The van der Waals surface area contributed by atoms with E-state index in [1.165, 1.54) is 19.3 Å². The van der Waals surface area contributed by atoms with Gasteiger partial charge < -0.3 is 5.11 Å². The Labute approximate surface area is 60.8 Å². The van der Waals surface area contributed by atoms with Gasteiger partial charge in [0, 0.05) is 5.75 Å². The topological polar surface area (TPSA) is 20.2 Å². The number of aliphatic hydroxyl groups excluding tert-OH is 1. The van der Waals surface area contributed by atoms with E-state index in [1.807, 2.05) is 6.26 Å². The van der Waals surface area contributed by atoms with Crippen molar-refractivity contribution in [2.75, 3.05) is 12.0 Å². The zero-order valence-corrected chi connectivity index (χ0v) is 6.66. The van der Waals surface area contributed by atoms with Crippen LogP contribution < -0.4 is 0 Å². The molecule has 0 spiro atoms. The van der Waals surface area contributed by atoms with Crippen LogP contribution in [-0.4, -0.2) is 23.2 Å². The molecule has 2 heteroatoms. The third kappa shape index (κ3) is 1.87. The minimum absolute atomic E-state index is 0.0197. The largest absolute Gasteiger partial charge is 0.392 e. The average molecular weight is 146 g/mol. The first kappa shape index (κ1) is 7.42. The molecule has 1 aliphatic carbocycles. The smallest absolute Gasteiger partial charge is 0.0658 e. The monoisotopic (exact) mass is 146 g/mol. The molecule has 0 aromatic heterocycles. The second-order valence-electron chi connectivity index (χ2n) is 2.71. The summed E-state index contributed by atoms with van der Waals surface area (Å²) in [5.41, 5.74) is 0. The van der Waals surface area contributed by atoms with Crippen molar-refractivity contribution in [1.29, 1.82) is 0 Å². The van der Waals surface area contributed by atoms with Crippen LogP contribution in [0.3, 0.4) is 0 Å². The highest BCUT2D eigenvalue weighted by Gasteiger charge is 2.24. The van der Waals surface area contributed by atoms with Gasteiger partial charge in [0.2, 0.25) is 0 Å². The van der Waals surface area contributed by atoms with Crippen LogP contribution in [-0.2, 0) is 0 Å². The third-order valence-corrected chi connectivity index (χ3v) is 2.71. The van der Waals surface area contributed by atoms with Crippen LogP contribution in [0.5, 0.6) is 0 Å². The van der Waals surface area contributed by atoms with E-state index in [4.69, 9.17) is 0 Å². The second kappa shape index (κ2) is 3.47. The van der Waals surface area contributed by atoms with Crippen molar-refractivity contribution in [3.63, 3.8) is 0 Å². The molecule has 54 valence electrons. The van der Waals surface area contributed by atoms with Crippen molar-refractivity contribution in [2.45, 2.75) is 25.4 Å². The molecule has 0 amide bonds. The van der Waals surface area contributed by atoms with Gasteiger partial charge in [-0.1, -0.05) is 6.42 Å². The van der Waals surface area contributed by atoms with E-state index in [9.17, 15) is 5.11 Å². The quantitative estimate of drug-likeness (QED) is 0.651. The number of aliphatic hydroxyl groups is 1. The number of hydrogen-bond acceptors (Lipinski definition) is 2. The predicted octanol–water partition coefficient (Wildman–Crippen LogP) is 1.51. The molecule has 0 radical (unpaired) electrons. The maximum absolute atomic E-state index is 9.35. The number of rotatable bonds is 3. The fourth-order valence-electron chi connectivity index (χ4n) is 1.13. The maximum atomic E-state index is 9.35. The lowest BCUT2D eigenvalue weighted by atomic mass is 9.82. The van der Waals surface area contributed by atoms with Gasteiger partial charge in [-0.15, -0.1) is 0 Å². The van der Waals surface area contributed by atoms with Gasteiger partial charge in [-0.3, -0.25) is 0 Å². The third-order valence-electron chi connectivity index (χ3n) is 2.03. The van der Waals surface area contributed by atoms with E-state index in [1.54, 1.807) is 11.8 Å². The van der Waals surface area contributed by atoms with Gasteiger partial charge in [0.1, 0.15) is 0 Å². The molecule has 0 aliphatic heterocycles. The van der Waals surface area contributed by atoms with Crippen LogP contribution in [0, 0.1) is 5.92 Å². The molecule has 1 aliphatic rings. The van der Waals surface area contributed by atoms with Gasteiger partial charge >= 0.3 is 0 Å². The Bertz CT molecular complexity index is 81.0. The Morgan fingerprint density at radius 2 is 2.33 bits per heavy atom. The van der Waals surface area contributed by atoms with Crippen molar-refractivity contribution in [1.82, 2.24) is 0 Å². The number of thioether (sulfide) groups is 1. The predicted molar refractivity (Wildman–Crippen MR) is 41.7 cm³/mol. The minimum Gasteiger partial charge on any atom is -0.392 e. The summed E-state index contributed by atoms with van der Waals surface area (Å²) in [7, 11) is 0. The molecule has 1 saturated carbocycles. The van der Waals surface area contributed by atoms with Crippen molar-refractivity contribution in [2.24, 2.45) is 5.92 Å². The van der Waals surface area contributed by atoms with E-state index in [-0.39, 0.29) is 6.10 Å². The molecule has 1 N–H and O–H groups in total. The molecular weight excluding hydrogens is 132 g/mol. The van der Waals surface area contributed by atoms with E-state index in [0.29, 0.717) is 5.92 Å². The zero-order chi connectivity index (χ0) is 6.69. The van der Waals surface area contributed by atoms with Crippen molar-refractivity contribution in [3.05, 3.63) is 0 Å². The van der Waals surface area contributed by atoms with Gasteiger partial charge in [0.25, 0.3) is 0 Å². The molecule has 0 saturated heterocycles. The van der Waals surface area contributed by atoms with Gasteiger partial charge in [-0.05, 0) is 25.0 Å². The first-order valence-corrected chi connectivity index (χ1v) is 4.91. The standard InChI is InChI=1S/C7H14OS/c1-9-5-7(8)6-3-2-4-6/h6-8H,2-5H2,1H3. The van der Waals surface area contributed by atoms with Crippen LogP contribution in [0.1, 0.15) is 19.3 Å². The summed E-state index contributed by atoms with van der Waals surface area (Å²) < 4.78 is 0. The van der Waals surface area contributed by atoms with Gasteiger partial charge in [-0.25, -0.2) is 0 Å². The Balaban J connectivity index is 2.08. The van der Waals surface area contributed by atoms with Gasteiger partial charge in [0.05, 0.1) is 6.10 Å². The van der Waals surface area contributed by atoms with Crippen LogP contribution in [0.4, 0.5) is 0 Å². The summed E-state index contributed by atoms with van der Waals surface area (Å²) in [6, 6.07) is 0. The van der Waals surface area contributed by atoms with Crippen LogP contribution in [0.15, 0.2) is 0 Å². The van der Waals surface area contributed by atoms with Gasteiger partial charge in [0.15, 0.2) is 0 Å². The molecule has 1 rings (SSSR count). The molecule has 1 nitrogen and oxygen atoms in total. The lowest BCUT2D eigenvalue weighted by Gasteiger charge is -2.29.